The summed E-state index contributed by atoms with van der Waals surface area (Å²) in [7, 11) is 0. The number of carboxylic acids is 2. The lowest BCUT2D eigenvalue weighted by Crippen LogP contribution is -2.61. The summed E-state index contributed by atoms with van der Waals surface area (Å²) in [6.45, 7) is 3.21. The molecule has 0 radical (unpaired) electrons. The summed E-state index contributed by atoms with van der Waals surface area (Å²) in [6.07, 6.45) is -19.4. The Bertz CT molecular complexity index is 1630. The van der Waals surface area contributed by atoms with E-state index in [1.165, 1.54) is 12.1 Å². The van der Waals surface area contributed by atoms with Gasteiger partial charge in [-0.2, -0.15) is 0 Å². The van der Waals surface area contributed by atoms with E-state index < -0.39 is 90.7 Å². The fourth-order valence-corrected chi connectivity index (χ4v) is 4.69. The number of rotatable bonds is 8. The average Bonchev–Trinajstić information content (AvgIpc) is 3.41. The van der Waals surface area contributed by atoms with Crippen LogP contribution < -0.4 is 9.47 Å². The van der Waals surface area contributed by atoms with Crippen LogP contribution in [0.1, 0.15) is 5.56 Å². The molecule has 1 aromatic heterocycles. The van der Waals surface area contributed by atoms with Crippen molar-refractivity contribution in [3.05, 3.63) is 48.3 Å². The van der Waals surface area contributed by atoms with E-state index in [-0.39, 0.29) is 33.9 Å². The fraction of sp³-hybridized carbons (Fsp3) is 0.370. The summed E-state index contributed by atoms with van der Waals surface area (Å²) in [5.41, 5.74) is -0.589. The zero-order valence-electron chi connectivity index (χ0n) is 22.5. The summed E-state index contributed by atoms with van der Waals surface area (Å²) >= 11 is 0. The molecule has 0 amide bonds. The van der Waals surface area contributed by atoms with Crippen LogP contribution in [0.3, 0.4) is 0 Å². The number of hydrogen-bond donors (Lipinski definition) is 8. The minimum absolute atomic E-state index is 0.0228. The Labute approximate surface area is 249 Å². The number of hydrogen-bond acceptors (Lipinski definition) is 14. The average molecular weight is 641 g/mol. The Hall–Kier alpha value is -4.27. The van der Waals surface area contributed by atoms with E-state index in [0.717, 1.165) is 18.2 Å². The molecule has 0 spiro atoms. The first kappa shape index (κ1) is 32.1. The molecule has 8 N–H and O–H groups in total. The molecule has 2 aromatic carbocycles. The highest BCUT2D eigenvalue weighted by Crippen LogP contribution is 2.36. The van der Waals surface area contributed by atoms with Crippen molar-refractivity contribution in [2.24, 2.45) is 0 Å². The highest BCUT2D eigenvalue weighted by molar-refractivity contribution is 5.88. The topological polar surface area (TPSA) is 259 Å². The summed E-state index contributed by atoms with van der Waals surface area (Å²) in [6, 6.07) is 5.34. The summed E-state index contributed by atoms with van der Waals surface area (Å²) in [5, 5.41) is 78.4. The van der Waals surface area contributed by atoms with Gasteiger partial charge in [0.25, 0.3) is 0 Å². The van der Waals surface area contributed by atoms with Crippen LogP contribution in [-0.2, 0) is 19.1 Å². The predicted molar refractivity (Wildman–Crippen MR) is 139 cm³/mol. The second kappa shape index (κ2) is 12.3. The lowest BCUT2D eigenvalue weighted by atomic mass is 9.99. The molecule has 0 bridgehead atoms. The maximum atomic E-state index is 15.0. The maximum absolute atomic E-state index is 15.0. The lowest BCUT2D eigenvalue weighted by Gasteiger charge is -2.38. The smallest absolute Gasteiger partial charge is 0.335 e. The fourth-order valence-electron chi connectivity index (χ4n) is 4.69. The third kappa shape index (κ3) is 6.04. The summed E-state index contributed by atoms with van der Waals surface area (Å²) in [4.78, 5) is 26.9. The third-order valence-corrected chi connectivity index (χ3v) is 7.06. The normalized spacial score (nSPS) is 31.8. The van der Waals surface area contributed by atoms with Gasteiger partial charge in [0.1, 0.15) is 53.7 Å². The first-order chi connectivity index (χ1) is 21.2. The monoisotopic (exact) mass is 641 g/mol. The number of aromatic nitrogens is 1. The van der Waals surface area contributed by atoms with Gasteiger partial charge >= 0.3 is 11.9 Å². The van der Waals surface area contributed by atoms with E-state index in [1.807, 2.05) is 0 Å². The van der Waals surface area contributed by atoms with Gasteiger partial charge in [-0.3, -0.25) is 0 Å². The minimum atomic E-state index is -1.98. The van der Waals surface area contributed by atoms with Gasteiger partial charge in [-0.15, -0.1) is 0 Å². The first-order valence-corrected chi connectivity index (χ1v) is 13.0. The number of nitrogens with zero attached hydrogens (tertiary/aromatic N) is 1. The Morgan fingerprint density at radius 3 is 1.87 bits per heavy atom. The van der Waals surface area contributed by atoms with Crippen LogP contribution in [0.15, 0.2) is 41.3 Å². The molecule has 10 atom stereocenters. The minimum Gasteiger partial charge on any atom is -0.479 e. The number of halogens is 2. The largest absolute Gasteiger partial charge is 0.479 e. The van der Waals surface area contributed by atoms with E-state index in [1.54, 1.807) is 0 Å². The van der Waals surface area contributed by atoms with Crippen molar-refractivity contribution in [3.8, 4) is 23.0 Å². The van der Waals surface area contributed by atoms with Crippen molar-refractivity contribution in [2.45, 2.75) is 61.4 Å². The van der Waals surface area contributed by atoms with Gasteiger partial charge in [0.2, 0.25) is 18.5 Å². The molecular weight excluding hydrogens is 616 g/mol. The maximum Gasteiger partial charge on any atom is 0.335 e. The molecule has 0 aliphatic carbocycles. The number of ether oxygens (including phenoxy) is 4. The molecule has 45 heavy (non-hydrogen) atoms. The van der Waals surface area contributed by atoms with E-state index in [4.69, 9.17) is 28.5 Å². The first-order valence-electron chi connectivity index (χ1n) is 13.0. The van der Waals surface area contributed by atoms with Crippen molar-refractivity contribution >= 4 is 28.9 Å². The summed E-state index contributed by atoms with van der Waals surface area (Å²) in [5.74, 6) is -6.50. The van der Waals surface area contributed by atoms with Gasteiger partial charge in [0.15, 0.2) is 29.4 Å². The zero-order valence-corrected chi connectivity index (χ0v) is 22.5. The predicted octanol–water partition coefficient (Wildman–Crippen LogP) is -0.884. The highest BCUT2D eigenvalue weighted by Gasteiger charge is 2.49. The van der Waals surface area contributed by atoms with Crippen LogP contribution in [0.4, 0.5) is 8.78 Å². The Kier molecular flexibility index (Phi) is 8.75. The van der Waals surface area contributed by atoms with Crippen LogP contribution >= 0.6 is 0 Å². The molecular formula is C27H25F2NO15. The second-order valence-electron chi connectivity index (χ2n) is 10.1. The molecule has 2 fully saturated rings. The van der Waals surface area contributed by atoms with Crippen LogP contribution in [0.5, 0.6) is 11.5 Å². The number of aliphatic hydroxyl groups is 6. The SMILES string of the molecule is C=C(F)c1cc(O[C@@H]2O[C@H](C(=O)O)[C@@H](O)[C@H](O)[C@H]2O)cc2nc(-c3ccc(O[C@@H]4O[C@H](C(=O)O)[C@@H](O)[C@H](O)[C@H]4O)c(F)c3)oc12. The van der Waals surface area contributed by atoms with E-state index in [9.17, 15) is 49.7 Å². The van der Waals surface area contributed by atoms with Crippen molar-refractivity contribution in [1.29, 1.82) is 0 Å². The second-order valence-corrected chi connectivity index (χ2v) is 10.1. The van der Waals surface area contributed by atoms with Crippen LogP contribution in [-0.4, -0.2) is 119 Å². The van der Waals surface area contributed by atoms with Crippen molar-refractivity contribution in [2.75, 3.05) is 0 Å². The highest BCUT2D eigenvalue weighted by atomic mass is 19.1. The molecule has 5 rings (SSSR count). The van der Waals surface area contributed by atoms with Gasteiger partial charge in [-0.1, -0.05) is 6.58 Å². The third-order valence-electron chi connectivity index (χ3n) is 7.06. The number of oxazole rings is 1. The Balaban J connectivity index is 1.41. The van der Waals surface area contributed by atoms with Crippen molar-refractivity contribution in [1.82, 2.24) is 4.98 Å². The van der Waals surface area contributed by atoms with E-state index >= 15 is 4.39 Å². The quantitative estimate of drug-likeness (QED) is 0.148. The van der Waals surface area contributed by atoms with Gasteiger partial charge in [0.05, 0.1) is 5.56 Å². The lowest BCUT2D eigenvalue weighted by molar-refractivity contribution is -0.271. The van der Waals surface area contributed by atoms with Crippen LogP contribution in [0, 0.1) is 5.82 Å². The number of aliphatic carboxylic acids is 2. The van der Waals surface area contributed by atoms with E-state index in [0.29, 0.717) is 0 Å². The molecule has 3 heterocycles. The zero-order chi connectivity index (χ0) is 32.9. The van der Waals surface area contributed by atoms with Crippen molar-refractivity contribution < 1.29 is 82.6 Å². The van der Waals surface area contributed by atoms with Gasteiger partial charge in [0, 0.05) is 11.6 Å². The van der Waals surface area contributed by atoms with Crippen LogP contribution in [0.25, 0.3) is 28.4 Å². The number of fused-ring (bicyclic) bond motifs is 1. The molecule has 2 saturated heterocycles. The van der Waals surface area contributed by atoms with Gasteiger partial charge in [-0.05, 0) is 24.3 Å². The van der Waals surface area contributed by atoms with Crippen LogP contribution in [0.2, 0.25) is 0 Å². The molecule has 0 unspecified atom stereocenters. The molecule has 242 valence electrons. The molecule has 2 aliphatic rings. The number of carbonyl (C=O) groups is 2. The van der Waals surface area contributed by atoms with Crippen molar-refractivity contribution in [3.63, 3.8) is 0 Å². The molecule has 0 saturated carbocycles. The number of carboxylic acid groups (broad SMARTS) is 2. The Morgan fingerprint density at radius 2 is 1.36 bits per heavy atom. The van der Waals surface area contributed by atoms with E-state index in [2.05, 4.69) is 11.6 Å². The number of benzene rings is 2. The van der Waals surface area contributed by atoms with Gasteiger partial charge in [-0.25, -0.2) is 23.4 Å². The molecule has 18 heteroatoms. The summed E-state index contributed by atoms with van der Waals surface area (Å²) < 4.78 is 55.8. The molecule has 3 aromatic rings. The number of aliphatic hydroxyl groups excluding tert-OH is 6. The standard InChI is InChI=1S/C27H25F2NO15/c1-7(28)10-5-9(41-26-18(35)14(31)16(33)21(44-26)24(37)38)6-12-20(10)43-23(30-12)8-2-3-13(11(29)4-8)42-27-19(36)15(32)17(34)22(45-27)25(39)40/h2-6,14-19,21-22,26-27,31-36H,1H2,(H,37,38)(H,39,40)/t14-,15-,16-,17-,18+,19+,21-,22-,26+,27+/m0/s1. The van der Waals surface area contributed by atoms with Gasteiger partial charge < -0.3 is 64.2 Å². The molecule has 2 aliphatic heterocycles. The Morgan fingerprint density at radius 1 is 0.800 bits per heavy atom. The molecule has 16 nitrogen and oxygen atoms in total.